The molecule has 3 rings (SSSR count). The van der Waals surface area contributed by atoms with Crippen molar-refractivity contribution in [1.29, 1.82) is 0 Å². The molecule has 2 unspecified atom stereocenters. The molecule has 0 aromatic heterocycles. The highest BCUT2D eigenvalue weighted by molar-refractivity contribution is 6.35. The molecule has 30 heavy (non-hydrogen) atoms. The highest BCUT2D eigenvalue weighted by atomic mass is 35.5. The van der Waals surface area contributed by atoms with Crippen molar-refractivity contribution < 1.29 is 14.4 Å². The van der Waals surface area contributed by atoms with Crippen LogP contribution < -0.4 is 10.6 Å². The van der Waals surface area contributed by atoms with Gasteiger partial charge in [-0.15, -0.1) is 0 Å². The van der Waals surface area contributed by atoms with Crippen LogP contribution in [0.25, 0.3) is 0 Å². The Labute approximate surface area is 185 Å². The Morgan fingerprint density at radius 1 is 1.10 bits per heavy atom. The fraction of sp³-hybridized carbons (Fsp3) is 0.318. The van der Waals surface area contributed by atoms with Crippen molar-refractivity contribution >= 4 is 46.6 Å². The number of amides is 3. The van der Waals surface area contributed by atoms with Crippen molar-refractivity contribution in [3.8, 4) is 0 Å². The molecule has 2 aromatic rings. The van der Waals surface area contributed by atoms with Gasteiger partial charge >= 0.3 is 0 Å². The molecular formula is C22H23Cl2N3O3. The molecule has 2 atom stereocenters. The molecule has 0 bridgehead atoms. The minimum atomic E-state index is -0.563. The summed E-state index contributed by atoms with van der Waals surface area (Å²) in [6.07, 6.45) is 1.44. The van der Waals surface area contributed by atoms with Crippen molar-refractivity contribution in [2.24, 2.45) is 0 Å². The number of carbonyl (C=O) groups excluding carboxylic acids is 3. The monoisotopic (exact) mass is 447 g/mol. The standard InChI is InChI=1S/C22H23Cl2N3O3/c1-14(25-21(29)15-6-3-2-4-7-15)10-20(28)27-9-5-8-19(27)22(30)26-18-12-16(23)11-17(24)13-18/h2-4,6-7,11-14,19H,5,8-10H2,1H3,(H,25,29)(H,26,30). The number of halogens is 2. The number of carbonyl (C=O) groups is 3. The summed E-state index contributed by atoms with van der Waals surface area (Å²) in [7, 11) is 0. The van der Waals surface area contributed by atoms with Crippen molar-refractivity contribution in [1.82, 2.24) is 10.2 Å². The molecule has 158 valence electrons. The molecule has 1 heterocycles. The van der Waals surface area contributed by atoms with E-state index in [1.165, 1.54) is 0 Å². The highest BCUT2D eigenvalue weighted by Gasteiger charge is 2.34. The van der Waals surface area contributed by atoms with Gasteiger partial charge in [-0.05, 0) is 50.1 Å². The summed E-state index contributed by atoms with van der Waals surface area (Å²) < 4.78 is 0. The molecular weight excluding hydrogens is 425 g/mol. The van der Waals surface area contributed by atoms with Gasteiger partial charge in [0.1, 0.15) is 6.04 Å². The van der Waals surface area contributed by atoms with Crippen LogP contribution in [0.5, 0.6) is 0 Å². The second kappa shape index (κ2) is 9.96. The first-order chi connectivity index (χ1) is 14.3. The Hall–Kier alpha value is -2.57. The second-order valence-electron chi connectivity index (χ2n) is 7.34. The van der Waals surface area contributed by atoms with Gasteiger partial charge in [-0.25, -0.2) is 0 Å². The second-order valence-corrected chi connectivity index (χ2v) is 8.21. The largest absolute Gasteiger partial charge is 0.349 e. The van der Waals surface area contributed by atoms with Gasteiger partial charge in [-0.1, -0.05) is 41.4 Å². The first-order valence-corrected chi connectivity index (χ1v) is 10.5. The molecule has 2 N–H and O–H groups in total. The van der Waals surface area contributed by atoms with Gasteiger partial charge in [-0.2, -0.15) is 0 Å². The van der Waals surface area contributed by atoms with Crippen LogP contribution in [0.2, 0.25) is 10.0 Å². The van der Waals surface area contributed by atoms with E-state index in [9.17, 15) is 14.4 Å². The number of hydrogen-bond acceptors (Lipinski definition) is 3. The SMILES string of the molecule is CC(CC(=O)N1CCCC1C(=O)Nc1cc(Cl)cc(Cl)c1)NC(=O)c1ccccc1. The third kappa shape index (κ3) is 5.74. The fourth-order valence-corrected chi connectivity index (χ4v) is 4.04. The van der Waals surface area contributed by atoms with Gasteiger partial charge in [-0.3, -0.25) is 14.4 Å². The van der Waals surface area contributed by atoms with Crippen LogP contribution >= 0.6 is 23.2 Å². The van der Waals surface area contributed by atoms with Crippen LogP contribution in [-0.2, 0) is 9.59 Å². The Morgan fingerprint density at radius 3 is 2.43 bits per heavy atom. The van der Waals surface area contributed by atoms with Gasteiger partial charge in [0.15, 0.2) is 0 Å². The van der Waals surface area contributed by atoms with Crippen LogP contribution in [0.15, 0.2) is 48.5 Å². The number of nitrogens with zero attached hydrogens (tertiary/aromatic N) is 1. The summed E-state index contributed by atoms with van der Waals surface area (Å²) in [6, 6.07) is 12.7. The summed E-state index contributed by atoms with van der Waals surface area (Å²) in [6.45, 7) is 2.28. The maximum atomic E-state index is 12.8. The number of likely N-dealkylation sites (tertiary alicyclic amines) is 1. The minimum absolute atomic E-state index is 0.116. The first kappa shape index (κ1) is 22.1. The molecule has 0 aliphatic carbocycles. The topological polar surface area (TPSA) is 78.5 Å². The molecule has 0 spiro atoms. The molecule has 0 saturated carbocycles. The third-order valence-electron chi connectivity index (χ3n) is 4.90. The van der Waals surface area contributed by atoms with E-state index in [-0.39, 0.29) is 30.2 Å². The predicted octanol–water partition coefficient (Wildman–Crippen LogP) is 4.13. The number of rotatable bonds is 6. The van der Waals surface area contributed by atoms with Crippen LogP contribution in [0.1, 0.15) is 36.5 Å². The van der Waals surface area contributed by atoms with E-state index in [4.69, 9.17) is 23.2 Å². The molecule has 8 heteroatoms. The Bertz CT molecular complexity index is 916. The van der Waals surface area contributed by atoms with Crippen molar-refractivity contribution in [2.45, 2.75) is 38.3 Å². The lowest BCUT2D eigenvalue weighted by Gasteiger charge is -2.25. The van der Waals surface area contributed by atoms with Crippen LogP contribution in [-0.4, -0.2) is 41.2 Å². The van der Waals surface area contributed by atoms with E-state index in [1.54, 1.807) is 54.3 Å². The lowest BCUT2D eigenvalue weighted by molar-refractivity contribution is -0.136. The van der Waals surface area contributed by atoms with E-state index >= 15 is 0 Å². The highest BCUT2D eigenvalue weighted by Crippen LogP contribution is 2.25. The smallest absolute Gasteiger partial charge is 0.251 e. The van der Waals surface area contributed by atoms with E-state index in [0.717, 1.165) is 6.42 Å². The molecule has 1 fully saturated rings. The normalized spacial score (nSPS) is 16.8. The summed E-state index contributed by atoms with van der Waals surface area (Å²) >= 11 is 12.0. The zero-order chi connectivity index (χ0) is 21.7. The zero-order valence-corrected chi connectivity index (χ0v) is 18.0. The molecule has 1 saturated heterocycles. The van der Waals surface area contributed by atoms with Crippen molar-refractivity contribution in [3.63, 3.8) is 0 Å². The van der Waals surface area contributed by atoms with Gasteiger partial charge < -0.3 is 15.5 Å². The summed E-state index contributed by atoms with van der Waals surface area (Å²) in [4.78, 5) is 39.4. The predicted molar refractivity (Wildman–Crippen MR) is 118 cm³/mol. The van der Waals surface area contributed by atoms with Crippen LogP contribution in [0, 0.1) is 0 Å². The van der Waals surface area contributed by atoms with Gasteiger partial charge in [0.05, 0.1) is 0 Å². The van der Waals surface area contributed by atoms with Gasteiger partial charge in [0, 0.05) is 40.3 Å². The molecule has 2 aromatic carbocycles. The molecule has 6 nitrogen and oxygen atoms in total. The number of anilines is 1. The molecule has 1 aliphatic heterocycles. The third-order valence-corrected chi connectivity index (χ3v) is 5.34. The molecule has 0 radical (unpaired) electrons. The Kier molecular flexibility index (Phi) is 7.34. The zero-order valence-electron chi connectivity index (χ0n) is 16.5. The maximum Gasteiger partial charge on any atom is 0.251 e. The Balaban J connectivity index is 1.58. The average Bonchev–Trinajstić information content (AvgIpc) is 3.18. The summed E-state index contributed by atoms with van der Waals surface area (Å²) in [5, 5.41) is 6.45. The summed E-state index contributed by atoms with van der Waals surface area (Å²) in [5.74, 6) is -0.678. The van der Waals surface area contributed by atoms with E-state index in [1.807, 2.05) is 6.07 Å². The lowest BCUT2D eigenvalue weighted by atomic mass is 10.1. The van der Waals surface area contributed by atoms with Gasteiger partial charge in [0.2, 0.25) is 11.8 Å². The van der Waals surface area contributed by atoms with E-state index in [2.05, 4.69) is 10.6 Å². The number of nitrogens with one attached hydrogen (secondary N) is 2. The average molecular weight is 448 g/mol. The maximum absolute atomic E-state index is 12.8. The van der Waals surface area contributed by atoms with E-state index in [0.29, 0.717) is 34.3 Å². The van der Waals surface area contributed by atoms with Crippen LogP contribution in [0.3, 0.4) is 0 Å². The quantitative estimate of drug-likeness (QED) is 0.698. The fourth-order valence-electron chi connectivity index (χ4n) is 3.52. The molecule has 1 aliphatic rings. The number of hydrogen-bond donors (Lipinski definition) is 2. The summed E-state index contributed by atoms with van der Waals surface area (Å²) in [5.41, 5.74) is 1.02. The minimum Gasteiger partial charge on any atom is -0.349 e. The molecule has 3 amide bonds. The first-order valence-electron chi connectivity index (χ1n) is 9.76. The van der Waals surface area contributed by atoms with Crippen LogP contribution in [0.4, 0.5) is 5.69 Å². The lowest BCUT2D eigenvalue weighted by Crippen LogP contribution is -2.45. The van der Waals surface area contributed by atoms with Gasteiger partial charge in [0.25, 0.3) is 5.91 Å². The Morgan fingerprint density at radius 2 is 1.77 bits per heavy atom. The van der Waals surface area contributed by atoms with Crippen molar-refractivity contribution in [3.05, 3.63) is 64.1 Å². The number of benzene rings is 2. The van der Waals surface area contributed by atoms with Crippen molar-refractivity contribution in [2.75, 3.05) is 11.9 Å². The van der Waals surface area contributed by atoms with E-state index < -0.39 is 6.04 Å².